The number of carbonyl (C=O) groups is 4. The van der Waals surface area contributed by atoms with E-state index in [0.717, 1.165) is 30.4 Å². The normalized spacial score (nSPS) is 23.5. The fourth-order valence-electron chi connectivity index (χ4n) is 8.96. The van der Waals surface area contributed by atoms with Gasteiger partial charge < -0.3 is 39.2 Å². The number of alkyl halides is 3. The maximum atomic E-state index is 13.5. The summed E-state index contributed by atoms with van der Waals surface area (Å²) in [6.07, 6.45) is 13.2. The zero-order valence-corrected chi connectivity index (χ0v) is 33.5. The van der Waals surface area contributed by atoms with Gasteiger partial charge in [-0.2, -0.15) is 13.2 Å². The third-order valence-corrected chi connectivity index (χ3v) is 11.9. The SMILES string of the molecule is CCCCCCCCCCCCCCCCCC(=O)OC(CC(=O)O)C(=O)OC1=CC[C@@]2(O)[C@H]3Cc4ccc(OC)c5c4[C@@]2(CCN3C)[C@H]1O5.O=C(O)C(F)(F)F. The van der Waals surface area contributed by atoms with E-state index in [1.54, 1.807) is 13.2 Å². The van der Waals surface area contributed by atoms with Crippen molar-refractivity contribution >= 4 is 23.9 Å². The Labute approximate surface area is 333 Å². The highest BCUT2D eigenvalue weighted by atomic mass is 19.4. The average molecular weight is 812 g/mol. The molecule has 15 heteroatoms. The van der Waals surface area contributed by atoms with Crippen LogP contribution in [0.1, 0.15) is 140 Å². The number of halogens is 3. The molecule has 0 aromatic heterocycles. The van der Waals surface area contributed by atoms with Crippen LogP contribution in [-0.4, -0.2) is 94.8 Å². The van der Waals surface area contributed by atoms with Crippen molar-refractivity contribution in [2.75, 3.05) is 20.7 Å². The molecule has 2 heterocycles. The molecule has 57 heavy (non-hydrogen) atoms. The molecule has 0 saturated carbocycles. The van der Waals surface area contributed by atoms with Gasteiger partial charge in [0.05, 0.1) is 24.5 Å². The van der Waals surface area contributed by atoms with Crippen LogP contribution in [0.5, 0.6) is 11.5 Å². The van der Waals surface area contributed by atoms with Crippen molar-refractivity contribution in [2.24, 2.45) is 0 Å². The van der Waals surface area contributed by atoms with E-state index in [0.29, 0.717) is 37.3 Å². The number of unbranched alkanes of at least 4 members (excludes halogenated alkanes) is 14. The van der Waals surface area contributed by atoms with Crippen molar-refractivity contribution in [2.45, 2.75) is 171 Å². The molecule has 12 nitrogen and oxygen atoms in total. The standard InChI is InChI=1S/C40H59NO9.C2HF3O2/c1-4-5-6-7-8-9-10-11-12-13-14-15-16-17-18-19-34(44)48-31(27-33(42)43)38(45)49-30-22-23-40(46)32-26-28-20-21-29(47-3)36-35(28)39(40,37(30)50-36)24-25-41(32)2;3-2(4,5)1(6)7/h20-22,31-32,37,46H,4-19,23-27H2,1-3H3,(H,42,43);(H,6,7)/t31?,32-,37+,39+,40-;/m1./s1. The first kappa shape index (κ1) is 45.8. The number of nitrogens with zero attached hydrogens (tertiary/aromatic N) is 1. The quantitative estimate of drug-likeness (QED) is 0.0769. The Morgan fingerprint density at radius 1 is 0.930 bits per heavy atom. The molecule has 4 aliphatic rings. The maximum Gasteiger partial charge on any atom is 0.490 e. The third kappa shape index (κ3) is 11.0. The molecule has 2 aliphatic heterocycles. The molecular formula is C42H60F3NO11. The van der Waals surface area contributed by atoms with Crippen LogP contribution >= 0.6 is 0 Å². The molecule has 2 aliphatic carbocycles. The Bertz CT molecular complexity index is 1580. The highest BCUT2D eigenvalue weighted by Gasteiger charge is 2.72. The monoisotopic (exact) mass is 811 g/mol. The number of likely N-dealkylation sites (N-methyl/N-ethyl adjacent to an activating group) is 1. The first-order chi connectivity index (χ1) is 27.1. The Hall–Kier alpha value is -3.85. The van der Waals surface area contributed by atoms with Gasteiger partial charge in [-0.15, -0.1) is 0 Å². The van der Waals surface area contributed by atoms with Gasteiger partial charge in [-0.25, -0.2) is 9.59 Å². The molecule has 5 rings (SSSR count). The summed E-state index contributed by atoms with van der Waals surface area (Å²) in [5.41, 5.74) is -0.0925. The van der Waals surface area contributed by atoms with E-state index < -0.39 is 59.7 Å². The number of carboxylic acid groups (broad SMARTS) is 2. The van der Waals surface area contributed by atoms with Gasteiger partial charge in [0.15, 0.2) is 17.6 Å². The van der Waals surface area contributed by atoms with Gasteiger partial charge in [-0.3, -0.25) is 9.59 Å². The Morgan fingerprint density at radius 2 is 1.49 bits per heavy atom. The van der Waals surface area contributed by atoms with E-state index in [1.807, 2.05) is 19.2 Å². The molecule has 3 N–H and O–H groups in total. The van der Waals surface area contributed by atoms with E-state index in [1.165, 1.54) is 70.6 Å². The number of carbonyl (C=O) groups excluding carboxylic acids is 2. The first-order valence-corrected chi connectivity index (χ1v) is 20.5. The lowest BCUT2D eigenvalue weighted by molar-refractivity contribution is -0.192. The minimum absolute atomic E-state index is 0.110. The molecule has 1 aromatic rings. The summed E-state index contributed by atoms with van der Waals surface area (Å²) in [5, 5.41) is 29.1. The predicted octanol–water partition coefficient (Wildman–Crippen LogP) is 7.80. The number of rotatable bonds is 22. The lowest BCUT2D eigenvalue weighted by atomic mass is 9.50. The van der Waals surface area contributed by atoms with Crippen LogP contribution in [-0.2, 0) is 40.5 Å². The molecule has 1 saturated heterocycles. The number of carboxylic acids is 2. The maximum absolute atomic E-state index is 13.5. The Kier molecular flexibility index (Phi) is 16.7. The number of likely N-dealkylation sites (tertiary alicyclic amines) is 1. The Morgan fingerprint density at radius 3 is 2.02 bits per heavy atom. The van der Waals surface area contributed by atoms with Crippen LogP contribution in [0.25, 0.3) is 0 Å². The fourth-order valence-corrected chi connectivity index (χ4v) is 8.96. The highest BCUT2D eigenvalue weighted by Crippen LogP contribution is 2.65. The van der Waals surface area contributed by atoms with E-state index in [4.69, 9.17) is 28.8 Å². The molecule has 1 fully saturated rings. The summed E-state index contributed by atoms with van der Waals surface area (Å²) < 4.78 is 55.2. The van der Waals surface area contributed by atoms with E-state index >= 15 is 0 Å². The number of esters is 2. The largest absolute Gasteiger partial charge is 0.493 e. The summed E-state index contributed by atoms with van der Waals surface area (Å²) in [4.78, 5) is 49.0. The van der Waals surface area contributed by atoms with E-state index in [-0.39, 0.29) is 24.6 Å². The van der Waals surface area contributed by atoms with E-state index in [2.05, 4.69) is 11.8 Å². The van der Waals surface area contributed by atoms with E-state index in [9.17, 15) is 37.8 Å². The number of benzene rings is 1. The predicted molar refractivity (Wildman–Crippen MR) is 203 cm³/mol. The summed E-state index contributed by atoms with van der Waals surface area (Å²) in [5.74, 6) is -4.33. The van der Waals surface area contributed by atoms with Crippen LogP contribution in [0.15, 0.2) is 24.0 Å². The van der Waals surface area contributed by atoms with Gasteiger partial charge in [0.1, 0.15) is 5.76 Å². The third-order valence-electron chi connectivity index (χ3n) is 11.9. The first-order valence-electron chi connectivity index (χ1n) is 20.5. The smallest absolute Gasteiger partial charge is 0.490 e. The molecule has 1 unspecified atom stereocenters. The number of methoxy groups -OCH3 is 1. The number of ether oxygens (including phenoxy) is 4. The van der Waals surface area contributed by atoms with Crippen LogP contribution in [0.3, 0.4) is 0 Å². The molecular weight excluding hydrogens is 751 g/mol. The molecule has 0 amide bonds. The highest BCUT2D eigenvalue weighted by molar-refractivity contribution is 5.84. The van der Waals surface area contributed by atoms with Crippen LogP contribution < -0.4 is 9.47 Å². The van der Waals surface area contributed by atoms with Crippen LogP contribution in [0.2, 0.25) is 0 Å². The van der Waals surface area contributed by atoms with Crippen molar-refractivity contribution < 1.29 is 66.6 Å². The fraction of sp³-hybridized carbons (Fsp3) is 0.714. The summed E-state index contributed by atoms with van der Waals surface area (Å²) in [6, 6.07) is 3.71. The second-order valence-electron chi connectivity index (χ2n) is 15.8. The van der Waals surface area contributed by atoms with Gasteiger partial charge in [0.25, 0.3) is 0 Å². The van der Waals surface area contributed by atoms with Gasteiger partial charge in [-0.1, -0.05) is 103 Å². The van der Waals surface area contributed by atoms with Crippen molar-refractivity contribution in [1.29, 1.82) is 0 Å². The lowest BCUT2D eigenvalue weighted by Gasteiger charge is -2.61. The number of aliphatic hydroxyl groups is 1. The molecule has 320 valence electrons. The zero-order valence-electron chi connectivity index (χ0n) is 33.5. The summed E-state index contributed by atoms with van der Waals surface area (Å²) in [6.45, 7) is 2.96. The number of aliphatic carboxylic acids is 2. The minimum Gasteiger partial charge on any atom is -0.493 e. The molecule has 2 bridgehead atoms. The van der Waals surface area contributed by atoms with Crippen molar-refractivity contribution in [3.63, 3.8) is 0 Å². The second kappa shape index (κ2) is 20.7. The van der Waals surface area contributed by atoms with Crippen molar-refractivity contribution in [1.82, 2.24) is 4.90 Å². The van der Waals surface area contributed by atoms with Gasteiger partial charge in [0.2, 0.25) is 6.10 Å². The molecule has 0 radical (unpaired) electrons. The minimum atomic E-state index is -5.08. The Balaban J connectivity index is 0.000000940. The number of hydrogen-bond acceptors (Lipinski definition) is 10. The van der Waals surface area contributed by atoms with Gasteiger partial charge in [0, 0.05) is 24.4 Å². The second-order valence-corrected chi connectivity index (χ2v) is 15.8. The average Bonchev–Trinajstić information content (AvgIpc) is 3.51. The molecule has 1 aromatic carbocycles. The number of piperidine rings is 1. The lowest BCUT2D eigenvalue weighted by Crippen LogP contribution is -2.74. The topological polar surface area (TPSA) is 169 Å². The molecule has 1 spiro atoms. The summed E-state index contributed by atoms with van der Waals surface area (Å²) >= 11 is 0. The number of hydrogen-bond donors (Lipinski definition) is 3. The van der Waals surface area contributed by atoms with Crippen LogP contribution in [0.4, 0.5) is 13.2 Å². The van der Waals surface area contributed by atoms with Crippen LogP contribution in [0, 0.1) is 0 Å². The summed E-state index contributed by atoms with van der Waals surface area (Å²) in [7, 11) is 3.58. The van der Waals surface area contributed by atoms with Gasteiger partial charge >= 0.3 is 30.1 Å². The van der Waals surface area contributed by atoms with Crippen molar-refractivity contribution in [3.8, 4) is 11.5 Å². The molecule has 5 atom stereocenters. The zero-order chi connectivity index (χ0) is 41.8. The van der Waals surface area contributed by atoms with Crippen molar-refractivity contribution in [3.05, 3.63) is 35.1 Å². The van der Waals surface area contributed by atoms with Gasteiger partial charge in [-0.05, 0) is 50.6 Å².